The average molecular weight is 284 g/mol. The molecule has 0 aliphatic rings. The molecule has 0 aromatic carbocycles. The second-order valence-electron chi connectivity index (χ2n) is 4.32. The van der Waals surface area contributed by atoms with Crippen LogP contribution < -0.4 is 5.56 Å². The van der Waals surface area contributed by atoms with Gasteiger partial charge in [-0.3, -0.25) is 9.59 Å². The minimum Gasteiger partial charge on any atom is -0.465 e. The van der Waals surface area contributed by atoms with Crippen molar-refractivity contribution in [2.24, 2.45) is 0 Å². The Hall–Kier alpha value is -1.30. The number of rotatable bonds is 6. The Labute approximate surface area is 117 Å². The Balaban J connectivity index is 2.99. The van der Waals surface area contributed by atoms with E-state index in [-0.39, 0.29) is 22.8 Å². The SMILES string of the molecule is CCOC(=O)[C@H](CC)Sc1nc(=O)ccn1C(C)C. The maximum absolute atomic E-state index is 11.8. The lowest BCUT2D eigenvalue weighted by atomic mass is 10.3. The number of carbonyl (C=O) groups excluding carboxylic acids is 1. The maximum Gasteiger partial charge on any atom is 0.319 e. The van der Waals surface area contributed by atoms with Crippen molar-refractivity contribution >= 4 is 17.7 Å². The number of carbonyl (C=O) groups is 1. The second kappa shape index (κ2) is 7.33. The first-order chi connectivity index (χ1) is 8.99. The van der Waals surface area contributed by atoms with Gasteiger partial charge in [-0.1, -0.05) is 18.7 Å². The summed E-state index contributed by atoms with van der Waals surface area (Å²) in [5, 5.41) is 0.224. The van der Waals surface area contributed by atoms with Crippen LogP contribution in [0.2, 0.25) is 0 Å². The zero-order valence-corrected chi connectivity index (χ0v) is 12.6. The fourth-order valence-corrected chi connectivity index (χ4v) is 2.66. The summed E-state index contributed by atoms with van der Waals surface area (Å²) >= 11 is 1.28. The molecule has 0 unspecified atom stereocenters. The molecule has 106 valence electrons. The highest BCUT2D eigenvalue weighted by molar-refractivity contribution is 8.00. The van der Waals surface area contributed by atoms with Crippen LogP contribution in [-0.4, -0.2) is 27.4 Å². The molecule has 0 aliphatic carbocycles. The molecule has 1 aromatic heterocycles. The van der Waals surface area contributed by atoms with Crippen LogP contribution in [0, 0.1) is 0 Å². The van der Waals surface area contributed by atoms with E-state index in [0.29, 0.717) is 18.2 Å². The van der Waals surface area contributed by atoms with Crippen molar-refractivity contribution in [1.82, 2.24) is 9.55 Å². The molecule has 0 bridgehead atoms. The summed E-state index contributed by atoms with van der Waals surface area (Å²) in [6.45, 7) is 8.05. The van der Waals surface area contributed by atoms with Crippen molar-refractivity contribution in [3.63, 3.8) is 0 Å². The zero-order chi connectivity index (χ0) is 14.4. The summed E-state index contributed by atoms with van der Waals surface area (Å²) in [5.41, 5.74) is -0.293. The van der Waals surface area contributed by atoms with Gasteiger partial charge in [0.05, 0.1) is 6.61 Å². The minimum atomic E-state index is -0.334. The summed E-state index contributed by atoms with van der Waals surface area (Å²) in [6.07, 6.45) is 2.34. The highest BCUT2D eigenvalue weighted by Crippen LogP contribution is 2.25. The minimum absolute atomic E-state index is 0.176. The molecular formula is C13H20N2O3S. The van der Waals surface area contributed by atoms with E-state index in [1.807, 2.05) is 25.3 Å². The maximum atomic E-state index is 11.8. The Morgan fingerprint density at radius 1 is 1.47 bits per heavy atom. The first kappa shape index (κ1) is 15.8. The molecule has 0 fully saturated rings. The van der Waals surface area contributed by atoms with Crippen LogP contribution in [0.25, 0.3) is 0 Å². The van der Waals surface area contributed by atoms with Crippen LogP contribution in [0.4, 0.5) is 0 Å². The molecule has 0 amide bonds. The van der Waals surface area contributed by atoms with Crippen LogP contribution in [0.1, 0.15) is 40.2 Å². The predicted octanol–water partition coefficient (Wildman–Crippen LogP) is 2.26. The van der Waals surface area contributed by atoms with Gasteiger partial charge in [-0.05, 0) is 27.2 Å². The van der Waals surface area contributed by atoms with E-state index in [1.165, 1.54) is 17.8 Å². The van der Waals surface area contributed by atoms with Crippen molar-refractivity contribution in [2.45, 2.75) is 50.6 Å². The number of aromatic nitrogens is 2. The third kappa shape index (κ3) is 4.38. The lowest BCUT2D eigenvalue weighted by Crippen LogP contribution is -2.22. The van der Waals surface area contributed by atoms with Crippen molar-refractivity contribution in [2.75, 3.05) is 6.61 Å². The Kier molecular flexibility index (Phi) is 6.08. The largest absolute Gasteiger partial charge is 0.465 e. The van der Waals surface area contributed by atoms with Gasteiger partial charge in [0.25, 0.3) is 5.56 Å². The standard InChI is InChI=1S/C13H20N2O3S/c1-5-10(12(17)18-6-2)19-13-14-11(16)7-8-15(13)9(3)4/h7-10H,5-6H2,1-4H3/t10-/m0/s1. The fraction of sp³-hybridized carbons (Fsp3) is 0.615. The first-order valence-electron chi connectivity index (χ1n) is 6.42. The number of hydrogen-bond donors (Lipinski definition) is 0. The summed E-state index contributed by atoms with van der Waals surface area (Å²) in [5.74, 6) is -0.261. The van der Waals surface area contributed by atoms with Crippen LogP contribution in [0.3, 0.4) is 0 Å². The molecular weight excluding hydrogens is 264 g/mol. The number of thioether (sulfide) groups is 1. The molecule has 1 aromatic rings. The van der Waals surface area contributed by atoms with E-state index >= 15 is 0 Å². The summed E-state index contributed by atoms with van der Waals surface area (Å²) < 4.78 is 6.91. The van der Waals surface area contributed by atoms with Gasteiger partial charge in [-0.15, -0.1) is 0 Å². The predicted molar refractivity (Wildman–Crippen MR) is 75.5 cm³/mol. The van der Waals surface area contributed by atoms with Gasteiger partial charge in [0.2, 0.25) is 0 Å². The van der Waals surface area contributed by atoms with Gasteiger partial charge in [0.1, 0.15) is 5.25 Å². The van der Waals surface area contributed by atoms with Crippen molar-refractivity contribution in [3.05, 3.63) is 22.6 Å². The molecule has 1 rings (SSSR count). The summed E-state index contributed by atoms with van der Waals surface area (Å²) in [6, 6.07) is 1.60. The molecule has 19 heavy (non-hydrogen) atoms. The van der Waals surface area contributed by atoms with Crippen molar-refractivity contribution < 1.29 is 9.53 Å². The Morgan fingerprint density at radius 2 is 2.16 bits per heavy atom. The summed E-state index contributed by atoms with van der Waals surface area (Å²) in [7, 11) is 0. The first-order valence-corrected chi connectivity index (χ1v) is 7.30. The van der Waals surface area contributed by atoms with Gasteiger partial charge in [-0.25, -0.2) is 0 Å². The fourth-order valence-electron chi connectivity index (χ4n) is 1.54. The highest BCUT2D eigenvalue weighted by atomic mass is 32.2. The van der Waals surface area contributed by atoms with Crippen molar-refractivity contribution in [3.8, 4) is 0 Å². The lowest BCUT2D eigenvalue weighted by Gasteiger charge is -2.18. The Morgan fingerprint density at radius 3 is 2.68 bits per heavy atom. The van der Waals surface area contributed by atoms with Crippen LogP contribution in [0.15, 0.2) is 22.2 Å². The lowest BCUT2D eigenvalue weighted by molar-refractivity contribution is -0.142. The molecule has 1 atom stereocenters. The third-order valence-electron chi connectivity index (χ3n) is 2.53. The number of hydrogen-bond acceptors (Lipinski definition) is 5. The molecule has 5 nitrogen and oxygen atoms in total. The van der Waals surface area contributed by atoms with Gasteiger partial charge in [0.15, 0.2) is 5.16 Å². The van der Waals surface area contributed by atoms with Crippen LogP contribution in [0.5, 0.6) is 0 Å². The van der Waals surface area contributed by atoms with Gasteiger partial charge in [-0.2, -0.15) is 4.98 Å². The van der Waals surface area contributed by atoms with Gasteiger partial charge in [0, 0.05) is 18.3 Å². The van der Waals surface area contributed by atoms with E-state index < -0.39 is 0 Å². The molecule has 0 saturated carbocycles. The molecule has 0 spiro atoms. The zero-order valence-electron chi connectivity index (χ0n) is 11.8. The van der Waals surface area contributed by atoms with Crippen molar-refractivity contribution in [1.29, 1.82) is 0 Å². The van der Waals surface area contributed by atoms with Gasteiger partial charge < -0.3 is 9.30 Å². The van der Waals surface area contributed by atoms with E-state index in [1.54, 1.807) is 13.1 Å². The van der Waals surface area contributed by atoms with E-state index in [0.717, 1.165) is 0 Å². The number of esters is 1. The second-order valence-corrected chi connectivity index (χ2v) is 5.49. The van der Waals surface area contributed by atoms with E-state index in [9.17, 15) is 9.59 Å². The molecule has 0 N–H and O–H groups in total. The number of nitrogens with zero attached hydrogens (tertiary/aromatic N) is 2. The average Bonchev–Trinajstić information content (AvgIpc) is 2.35. The highest BCUT2D eigenvalue weighted by Gasteiger charge is 2.21. The molecule has 1 heterocycles. The topological polar surface area (TPSA) is 61.2 Å². The quantitative estimate of drug-likeness (QED) is 0.455. The smallest absolute Gasteiger partial charge is 0.319 e. The van der Waals surface area contributed by atoms with E-state index in [2.05, 4.69) is 4.98 Å². The normalized spacial score (nSPS) is 12.5. The molecule has 0 aliphatic heterocycles. The third-order valence-corrected chi connectivity index (χ3v) is 3.85. The molecule has 6 heteroatoms. The van der Waals surface area contributed by atoms with E-state index in [4.69, 9.17) is 4.74 Å². The van der Waals surface area contributed by atoms with Gasteiger partial charge >= 0.3 is 5.97 Å². The monoisotopic (exact) mass is 284 g/mol. The van der Waals surface area contributed by atoms with Crippen LogP contribution >= 0.6 is 11.8 Å². The number of ether oxygens (including phenoxy) is 1. The Bertz CT molecular complexity index is 485. The van der Waals surface area contributed by atoms with Crippen LogP contribution in [-0.2, 0) is 9.53 Å². The molecule has 0 radical (unpaired) electrons. The molecule has 0 saturated heterocycles. The summed E-state index contributed by atoms with van der Waals surface area (Å²) in [4.78, 5) is 27.2.